The first-order valence-corrected chi connectivity index (χ1v) is 8.49. The first-order valence-electron chi connectivity index (χ1n) is 8.49. The molecule has 0 saturated heterocycles. The van der Waals surface area contributed by atoms with Crippen molar-refractivity contribution in [1.29, 1.82) is 0 Å². The van der Waals surface area contributed by atoms with Crippen LogP contribution in [-0.4, -0.2) is 25.0 Å². The van der Waals surface area contributed by atoms with E-state index in [1.165, 1.54) is 0 Å². The van der Waals surface area contributed by atoms with Crippen molar-refractivity contribution in [3.63, 3.8) is 0 Å². The van der Waals surface area contributed by atoms with Crippen LogP contribution in [0.5, 0.6) is 11.5 Å². The van der Waals surface area contributed by atoms with Gasteiger partial charge in [0.1, 0.15) is 11.5 Å². The van der Waals surface area contributed by atoms with E-state index >= 15 is 0 Å². The lowest BCUT2D eigenvalue weighted by Gasteiger charge is -2.06. The summed E-state index contributed by atoms with van der Waals surface area (Å²) in [6.07, 6.45) is 3.49. The summed E-state index contributed by atoms with van der Waals surface area (Å²) in [6.45, 7) is 0. The number of para-hydroxylation sites is 3. The summed E-state index contributed by atoms with van der Waals surface area (Å²) in [5.41, 5.74) is 2.11. The Morgan fingerprint density at radius 2 is 1.37 bits per heavy atom. The molecule has 0 atom stereocenters. The van der Waals surface area contributed by atoms with Gasteiger partial charge >= 0.3 is 0 Å². The lowest BCUT2D eigenvalue weighted by Crippen LogP contribution is -1.99. The minimum Gasteiger partial charge on any atom is -0.507 e. The topological polar surface area (TPSA) is 71.2 Å². The van der Waals surface area contributed by atoms with Crippen molar-refractivity contribution in [2.45, 2.75) is 0 Å². The van der Waals surface area contributed by atoms with Crippen molar-refractivity contribution in [2.75, 3.05) is 0 Å². The van der Waals surface area contributed by atoms with Crippen molar-refractivity contribution < 1.29 is 10.2 Å². The fourth-order valence-electron chi connectivity index (χ4n) is 2.78. The second-order valence-electron chi connectivity index (χ2n) is 5.95. The van der Waals surface area contributed by atoms with Crippen LogP contribution in [0.1, 0.15) is 11.4 Å². The summed E-state index contributed by atoms with van der Waals surface area (Å²) in [4.78, 5) is 4.59. The number of phenols is 2. The van der Waals surface area contributed by atoms with Gasteiger partial charge in [0.25, 0.3) is 0 Å². The van der Waals surface area contributed by atoms with E-state index in [0.717, 1.165) is 5.69 Å². The van der Waals surface area contributed by atoms with E-state index in [1.54, 1.807) is 47.2 Å². The Hall–Kier alpha value is -3.86. The molecular weight excluding hydrogens is 338 g/mol. The highest BCUT2D eigenvalue weighted by molar-refractivity contribution is 5.72. The van der Waals surface area contributed by atoms with Crippen LogP contribution in [0, 0.1) is 0 Å². The van der Waals surface area contributed by atoms with E-state index in [-0.39, 0.29) is 11.5 Å². The van der Waals surface area contributed by atoms with E-state index in [0.29, 0.717) is 22.8 Å². The summed E-state index contributed by atoms with van der Waals surface area (Å²) in [5, 5.41) is 24.7. The molecule has 0 aliphatic carbocycles. The Bertz CT molecular complexity index is 1100. The van der Waals surface area contributed by atoms with Gasteiger partial charge in [-0.15, -0.1) is 5.10 Å². The first-order chi connectivity index (χ1) is 13.2. The summed E-state index contributed by atoms with van der Waals surface area (Å²) >= 11 is 0. The maximum absolute atomic E-state index is 10.3. The van der Waals surface area contributed by atoms with E-state index in [9.17, 15) is 10.2 Å². The molecule has 1 heterocycles. The largest absolute Gasteiger partial charge is 0.507 e. The Morgan fingerprint density at radius 3 is 2.11 bits per heavy atom. The Balaban J connectivity index is 1.81. The molecule has 132 valence electrons. The van der Waals surface area contributed by atoms with Crippen LogP contribution in [0.25, 0.3) is 29.2 Å². The van der Waals surface area contributed by atoms with Crippen molar-refractivity contribution in [2.24, 2.45) is 0 Å². The molecular formula is C22H17N3O2. The average molecular weight is 355 g/mol. The van der Waals surface area contributed by atoms with Crippen LogP contribution in [-0.2, 0) is 0 Å². The number of aromatic nitrogens is 3. The molecule has 0 spiro atoms. The van der Waals surface area contributed by atoms with Crippen molar-refractivity contribution in [1.82, 2.24) is 14.8 Å². The summed E-state index contributed by atoms with van der Waals surface area (Å²) < 4.78 is 1.69. The van der Waals surface area contributed by atoms with Crippen LogP contribution in [0.3, 0.4) is 0 Å². The Morgan fingerprint density at radius 1 is 0.704 bits per heavy atom. The van der Waals surface area contributed by atoms with Gasteiger partial charge in [-0.25, -0.2) is 9.67 Å². The normalized spacial score (nSPS) is 11.1. The monoisotopic (exact) mass is 355 g/mol. The maximum atomic E-state index is 10.3. The van der Waals surface area contributed by atoms with Crippen molar-refractivity contribution in [3.05, 3.63) is 90.3 Å². The molecule has 5 nitrogen and oxygen atoms in total. The third-order valence-corrected chi connectivity index (χ3v) is 4.12. The molecule has 0 saturated carbocycles. The van der Waals surface area contributed by atoms with Gasteiger partial charge in [0.05, 0.1) is 11.3 Å². The van der Waals surface area contributed by atoms with Crippen LogP contribution < -0.4 is 0 Å². The van der Waals surface area contributed by atoms with Crippen LogP contribution in [0.15, 0.2) is 78.9 Å². The molecule has 2 N–H and O–H groups in total. The van der Waals surface area contributed by atoms with Gasteiger partial charge in [-0.1, -0.05) is 48.5 Å². The molecule has 0 aliphatic rings. The highest BCUT2D eigenvalue weighted by Crippen LogP contribution is 2.29. The lowest BCUT2D eigenvalue weighted by atomic mass is 10.2. The predicted molar refractivity (Wildman–Crippen MR) is 105 cm³/mol. The van der Waals surface area contributed by atoms with Crippen molar-refractivity contribution >= 4 is 12.2 Å². The first kappa shape index (κ1) is 16.6. The number of benzene rings is 3. The highest BCUT2D eigenvalue weighted by Gasteiger charge is 2.15. The third-order valence-electron chi connectivity index (χ3n) is 4.12. The van der Waals surface area contributed by atoms with Crippen LogP contribution in [0.4, 0.5) is 0 Å². The number of phenolic OH excluding ortho intramolecular Hbond substituents is 2. The minimum absolute atomic E-state index is 0.137. The molecule has 4 aromatic rings. The molecule has 27 heavy (non-hydrogen) atoms. The molecule has 0 unspecified atom stereocenters. The second kappa shape index (κ2) is 7.17. The van der Waals surface area contributed by atoms with Gasteiger partial charge in [0.2, 0.25) is 0 Å². The number of aromatic hydroxyl groups is 2. The molecule has 4 rings (SSSR count). The molecule has 3 aromatic carbocycles. The number of hydrogen-bond acceptors (Lipinski definition) is 4. The highest BCUT2D eigenvalue weighted by atomic mass is 16.3. The molecule has 1 aromatic heterocycles. The van der Waals surface area contributed by atoms with Gasteiger partial charge in [-0.2, -0.15) is 0 Å². The number of hydrogen-bond donors (Lipinski definition) is 2. The van der Waals surface area contributed by atoms with Gasteiger partial charge in [0, 0.05) is 5.56 Å². The second-order valence-corrected chi connectivity index (χ2v) is 5.95. The van der Waals surface area contributed by atoms with Crippen LogP contribution >= 0.6 is 0 Å². The van der Waals surface area contributed by atoms with Crippen molar-refractivity contribution in [3.8, 4) is 28.6 Å². The summed E-state index contributed by atoms with van der Waals surface area (Å²) in [5.74, 6) is 1.34. The van der Waals surface area contributed by atoms with E-state index in [4.69, 9.17) is 0 Å². The van der Waals surface area contributed by atoms with Gasteiger partial charge in [-0.3, -0.25) is 0 Å². The smallest absolute Gasteiger partial charge is 0.175 e. The fraction of sp³-hybridized carbons (Fsp3) is 0. The third kappa shape index (κ3) is 3.43. The van der Waals surface area contributed by atoms with E-state index < -0.39 is 0 Å². The molecule has 0 aliphatic heterocycles. The van der Waals surface area contributed by atoms with Gasteiger partial charge in [0.15, 0.2) is 11.6 Å². The maximum Gasteiger partial charge on any atom is 0.175 e. The zero-order valence-electron chi connectivity index (χ0n) is 14.4. The minimum atomic E-state index is 0.137. The Labute approximate surface area is 156 Å². The summed E-state index contributed by atoms with van der Waals surface area (Å²) in [6, 6.07) is 23.7. The average Bonchev–Trinajstić information content (AvgIpc) is 3.12. The van der Waals surface area contributed by atoms with Crippen LogP contribution in [0.2, 0.25) is 0 Å². The number of rotatable bonds is 4. The molecule has 0 radical (unpaired) electrons. The van der Waals surface area contributed by atoms with E-state index in [1.807, 2.05) is 48.5 Å². The molecule has 0 amide bonds. The van der Waals surface area contributed by atoms with Gasteiger partial charge in [-0.05, 0) is 42.5 Å². The standard InChI is InChI=1S/C22H17N3O2/c26-19-12-6-4-8-16(19)14-15-21-23-22(18-11-5-7-13-20(18)27)25(24-21)17-9-2-1-3-10-17/h1-15,26-27H/b15-14+. The molecule has 0 bridgehead atoms. The fourth-order valence-corrected chi connectivity index (χ4v) is 2.78. The zero-order valence-corrected chi connectivity index (χ0v) is 14.4. The predicted octanol–water partition coefficient (Wildman–Crippen LogP) is 4.52. The zero-order chi connectivity index (χ0) is 18.6. The SMILES string of the molecule is Oc1ccccc1/C=C/c1nc(-c2ccccc2O)n(-c2ccccc2)n1. The number of nitrogens with zero attached hydrogens (tertiary/aromatic N) is 3. The quantitative estimate of drug-likeness (QED) is 0.565. The van der Waals surface area contributed by atoms with E-state index in [2.05, 4.69) is 10.1 Å². The Kier molecular flexibility index (Phi) is 4.41. The van der Waals surface area contributed by atoms with Gasteiger partial charge < -0.3 is 10.2 Å². The molecule has 0 fully saturated rings. The lowest BCUT2D eigenvalue weighted by molar-refractivity contribution is 0.474. The molecule has 5 heteroatoms. The summed E-state index contributed by atoms with van der Waals surface area (Å²) in [7, 11) is 0.